The largest absolute Gasteiger partial charge is 0.345 e. The molecule has 1 aliphatic rings. The number of rotatable bonds is 3. The molecule has 0 aromatic rings. The first-order valence-corrected chi connectivity index (χ1v) is 6.03. The molecule has 3 nitrogen and oxygen atoms in total. The first-order chi connectivity index (χ1) is 6.99. The standard InChI is InChI=1S/C12H24N2O/c1-4-9-14(3)11(15)10-7-5-6-8-12(10,2)13/h10H,4-9,13H2,1-3H3. The molecule has 15 heavy (non-hydrogen) atoms. The van der Waals surface area contributed by atoms with Crippen molar-refractivity contribution < 1.29 is 4.79 Å². The van der Waals surface area contributed by atoms with Gasteiger partial charge in [-0.25, -0.2) is 0 Å². The van der Waals surface area contributed by atoms with Crippen LogP contribution in [0.25, 0.3) is 0 Å². The molecule has 1 saturated carbocycles. The minimum absolute atomic E-state index is 0.0304. The highest BCUT2D eigenvalue weighted by atomic mass is 16.2. The monoisotopic (exact) mass is 212 g/mol. The maximum absolute atomic E-state index is 12.1. The summed E-state index contributed by atoms with van der Waals surface area (Å²) in [6, 6.07) is 0. The third-order valence-corrected chi connectivity index (χ3v) is 3.49. The van der Waals surface area contributed by atoms with Gasteiger partial charge in [-0.15, -0.1) is 0 Å². The molecular formula is C12H24N2O. The zero-order chi connectivity index (χ0) is 11.5. The Labute approximate surface area is 93.0 Å². The Morgan fingerprint density at radius 1 is 1.53 bits per heavy atom. The highest BCUT2D eigenvalue weighted by Crippen LogP contribution is 2.32. The second-order valence-electron chi connectivity index (χ2n) is 5.06. The Balaban J connectivity index is 2.64. The average molecular weight is 212 g/mol. The molecule has 1 fully saturated rings. The van der Waals surface area contributed by atoms with Crippen molar-refractivity contribution in [2.75, 3.05) is 13.6 Å². The van der Waals surface area contributed by atoms with Gasteiger partial charge in [0.25, 0.3) is 0 Å². The second kappa shape index (κ2) is 4.97. The van der Waals surface area contributed by atoms with Crippen LogP contribution < -0.4 is 5.73 Å². The number of nitrogens with two attached hydrogens (primary N) is 1. The first-order valence-electron chi connectivity index (χ1n) is 6.03. The van der Waals surface area contributed by atoms with Crippen LogP contribution in [0.15, 0.2) is 0 Å². The fourth-order valence-corrected chi connectivity index (χ4v) is 2.48. The molecule has 2 unspecified atom stereocenters. The minimum Gasteiger partial charge on any atom is -0.345 e. The molecule has 1 aliphatic carbocycles. The molecule has 1 rings (SSSR count). The summed E-state index contributed by atoms with van der Waals surface area (Å²) in [5.41, 5.74) is 5.92. The quantitative estimate of drug-likeness (QED) is 0.775. The topological polar surface area (TPSA) is 46.3 Å². The molecule has 3 heteroatoms. The van der Waals surface area contributed by atoms with Crippen LogP contribution in [0.1, 0.15) is 46.0 Å². The number of amides is 1. The third kappa shape index (κ3) is 2.94. The van der Waals surface area contributed by atoms with Gasteiger partial charge in [-0.2, -0.15) is 0 Å². The van der Waals surface area contributed by atoms with Crippen LogP contribution in [0.3, 0.4) is 0 Å². The van der Waals surface area contributed by atoms with E-state index in [1.54, 1.807) is 0 Å². The second-order valence-corrected chi connectivity index (χ2v) is 5.06. The Morgan fingerprint density at radius 3 is 2.73 bits per heavy atom. The number of carbonyl (C=O) groups excluding carboxylic acids is 1. The predicted molar refractivity (Wildman–Crippen MR) is 62.5 cm³/mol. The Bertz CT molecular complexity index is 226. The van der Waals surface area contributed by atoms with Gasteiger partial charge in [0.1, 0.15) is 0 Å². The lowest BCUT2D eigenvalue weighted by atomic mass is 9.74. The summed E-state index contributed by atoms with van der Waals surface area (Å²) in [6.07, 6.45) is 5.25. The normalized spacial score (nSPS) is 31.3. The van der Waals surface area contributed by atoms with Crippen LogP contribution >= 0.6 is 0 Å². The Hall–Kier alpha value is -0.570. The van der Waals surface area contributed by atoms with Gasteiger partial charge in [0.2, 0.25) is 5.91 Å². The van der Waals surface area contributed by atoms with Gasteiger partial charge in [-0.1, -0.05) is 19.8 Å². The number of carbonyl (C=O) groups is 1. The van der Waals surface area contributed by atoms with Crippen molar-refractivity contribution in [3.63, 3.8) is 0 Å². The van der Waals surface area contributed by atoms with Crippen LogP contribution in [0, 0.1) is 5.92 Å². The Morgan fingerprint density at radius 2 is 2.20 bits per heavy atom. The van der Waals surface area contributed by atoms with E-state index in [9.17, 15) is 4.79 Å². The smallest absolute Gasteiger partial charge is 0.227 e. The molecule has 1 amide bonds. The fraction of sp³-hybridized carbons (Fsp3) is 0.917. The highest BCUT2D eigenvalue weighted by Gasteiger charge is 2.38. The van der Waals surface area contributed by atoms with Gasteiger partial charge < -0.3 is 10.6 Å². The summed E-state index contributed by atoms with van der Waals surface area (Å²) in [4.78, 5) is 14.0. The molecule has 0 radical (unpaired) electrons. The predicted octanol–water partition coefficient (Wildman–Crippen LogP) is 1.76. The lowest BCUT2D eigenvalue weighted by molar-refractivity contribution is -0.137. The molecule has 0 aliphatic heterocycles. The van der Waals surface area contributed by atoms with Crippen molar-refractivity contribution >= 4 is 5.91 Å². The minimum atomic E-state index is -0.294. The van der Waals surface area contributed by atoms with Crippen LogP contribution in [-0.4, -0.2) is 29.9 Å². The van der Waals surface area contributed by atoms with Crippen LogP contribution in [0.4, 0.5) is 0 Å². The maximum atomic E-state index is 12.1. The van der Waals surface area contributed by atoms with Gasteiger partial charge in [0, 0.05) is 19.1 Å². The summed E-state index contributed by atoms with van der Waals surface area (Å²) in [5.74, 6) is 0.268. The number of hydrogen-bond donors (Lipinski definition) is 1. The van der Waals surface area contributed by atoms with E-state index in [0.717, 1.165) is 38.6 Å². The lowest BCUT2D eigenvalue weighted by Gasteiger charge is -2.39. The van der Waals surface area contributed by atoms with E-state index in [2.05, 4.69) is 6.92 Å². The maximum Gasteiger partial charge on any atom is 0.227 e. The Kier molecular flexibility index (Phi) is 4.14. The van der Waals surface area contributed by atoms with E-state index in [1.165, 1.54) is 0 Å². The molecule has 0 aromatic heterocycles. The summed E-state index contributed by atoms with van der Waals surface area (Å²) in [6.45, 7) is 4.95. The zero-order valence-corrected chi connectivity index (χ0v) is 10.3. The molecule has 0 aromatic carbocycles. The summed E-state index contributed by atoms with van der Waals surface area (Å²) < 4.78 is 0. The van der Waals surface area contributed by atoms with Crippen molar-refractivity contribution in [1.29, 1.82) is 0 Å². The average Bonchev–Trinajstić information content (AvgIpc) is 2.16. The molecule has 2 atom stereocenters. The molecule has 88 valence electrons. The van der Waals surface area contributed by atoms with E-state index in [0.29, 0.717) is 0 Å². The van der Waals surface area contributed by atoms with Crippen LogP contribution in [0.2, 0.25) is 0 Å². The van der Waals surface area contributed by atoms with E-state index in [4.69, 9.17) is 5.73 Å². The van der Waals surface area contributed by atoms with Gasteiger partial charge in [-0.3, -0.25) is 4.79 Å². The van der Waals surface area contributed by atoms with Crippen LogP contribution in [-0.2, 0) is 4.79 Å². The van der Waals surface area contributed by atoms with E-state index in [-0.39, 0.29) is 17.4 Å². The summed E-state index contributed by atoms with van der Waals surface area (Å²) in [7, 11) is 1.89. The highest BCUT2D eigenvalue weighted by molar-refractivity contribution is 5.80. The molecule has 0 spiro atoms. The summed E-state index contributed by atoms with van der Waals surface area (Å²) in [5, 5.41) is 0. The molecule has 0 bridgehead atoms. The third-order valence-electron chi connectivity index (χ3n) is 3.49. The lowest BCUT2D eigenvalue weighted by Crippen LogP contribution is -2.53. The van der Waals surface area contributed by atoms with Gasteiger partial charge in [-0.05, 0) is 26.2 Å². The van der Waals surface area contributed by atoms with E-state index >= 15 is 0 Å². The summed E-state index contributed by atoms with van der Waals surface area (Å²) >= 11 is 0. The SMILES string of the molecule is CCCN(C)C(=O)C1CCCCC1(C)N. The van der Waals surface area contributed by atoms with Crippen molar-refractivity contribution in [2.24, 2.45) is 11.7 Å². The van der Waals surface area contributed by atoms with Crippen molar-refractivity contribution in [3.05, 3.63) is 0 Å². The number of nitrogens with zero attached hydrogens (tertiary/aromatic N) is 1. The fourth-order valence-electron chi connectivity index (χ4n) is 2.48. The van der Waals surface area contributed by atoms with Gasteiger partial charge in [0.05, 0.1) is 5.92 Å². The van der Waals surface area contributed by atoms with Crippen LogP contribution in [0.5, 0.6) is 0 Å². The van der Waals surface area contributed by atoms with Crippen molar-refractivity contribution in [2.45, 2.75) is 51.5 Å². The van der Waals surface area contributed by atoms with Crippen molar-refractivity contribution in [1.82, 2.24) is 4.90 Å². The van der Waals surface area contributed by atoms with E-state index in [1.807, 2.05) is 18.9 Å². The van der Waals surface area contributed by atoms with Gasteiger partial charge in [0.15, 0.2) is 0 Å². The van der Waals surface area contributed by atoms with E-state index < -0.39 is 0 Å². The number of hydrogen-bond acceptors (Lipinski definition) is 2. The molecule has 0 saturated heterocycles. The first kappa shape index (κ1) is 12.5. The van der Waals surface area contributed by atoms with Crippen molar-refractivity contribution in [3.8, 4) is 0 Å². The van der Waals surface area contributed by atoms with Gasteiger partial charge >= 0.3 is 0 Å². The molecule has 0 heterocycles. The molecule has 2 N–H and O–H groups in total. The molecular weight excluding hydrogens is 188 g/mol. The zero-order valence-electron chi connectivity index (χ0n) is 10.3.